The maximum atomic E-state index is 12.3. The van der Waals surface area contributed by atoms with Crippen LogP contribution < -0.4 is 15.9 Å². The van der Waals surface area contributed by atoms with Gasteiger partial charge in [0.25, 0.3) is 0 Å². The van der Waals surface area contributed by atoms with E-state index < -0.39 is 7.14 Å². The van der Waals surface area contributed by atoms with E-state index in [0.29, 0.717) is 28.6 Å². The molecule has 0 aliphatic heterocycles. The van der Waals surface area contributed by atoms with Crippen molar-refractivity contribution in [2.24, 2.45) is 0 Å². The van der Waals surface area contributed by atoms with Crippen LogP contribution in [-0.2, 0) is 4.57 Å². The first-order valence-corrected chi connectivity index (χ1v) is 13.1. The van der Waals surface area contributed by atoms with E-state index in [0.717, 1.165) is 22.2 Å². The van der Waals surface area contributed by atoms with Crippen molar-refractivity contribution in [1.82, 2.24) is 25.1 Å². The number of anilines is 4. The van der Waals surface area contributed by atoms with Crippen LogP contribution in [0.15, 0.2) is 54.6 Å². The summed E-state index contributed by atoms with van der Waals surface area (Å²) in [7, 11) is -2.32. The van der Waals surface area contributed by atoms with E-state index in [1.807, 2.05) is 67.6 Å². The topological polar surface area (TPSA) is 108 Å². The first-order valence-electron chi connectivity index (χ1n) is 10.2. The molecule has 8 nitrogen and oxygen atoms in total. The summed E-state index contributed by atoms with van der Waals surface area (Å²) >= 11 is 6.08. The van der Waals surface area contributed by atoms with Crippen molar-refractivity contribution in [3.8, 4) is 0 Å². The number of aromatic amines is 1. The summed E-state index contributed by atoms with van der Waals surface area (Å²) in [6, 6.07) is 16.7. The SMILES string of the molecule is Cc1cc(Nc2nc(/C=C/c3cccc(Cl)c3)nc(Nc3ccc(P(C)(C)=O)cc3)n2)n[nH]1. The Labute approximate surface area is 196 Å². The first kappa shape index (κ1) is 22.7. The van der Waals surface area contributed by atoms with Crippen LogP contribution >= 0.6 is 18.7 Å². The second-order valence-corrected chi connectivity index (χ2v) is 11.5. The zero-order valence-electron chi connectivity index (χ0n) is 18.4. The third-order valence-electron chi connectivity index (χ3n) is 4.62. The van der Waals surface area contributed by atoms with Crippen molar-refractivity contribution >= 4 is 59.6 Å². The second kappa shape index (κ2) is 9.57. The molecule has 0 amide bonds. The number of rotatable bonds is 7. The van der Waals surface area contributed by atoms with Gasteiger partial charge in [0.15, 0.2) is 11.6 Å². The predicted molar refractivity (Wildman–Crippen MR) is 136 cm³/mol. The molecule has 0 radical (unpaired) electrons. The van der Waals surface area contributed by atoms with Crippen molar-refractivity contribution in [3.05, 3.63) is 76.7 Å². The van der Waals surface area contributed by atoms with Crippen LogP contribution in [0, 0.1) is 6.92 Å². The Morgan fingerprint density at radius 1 is 0.939 bits per heavy atom. The molecule has 33 heavy (non-hydrogen) atoms. The molecule has 10 heteroatoms. The highest BCUT2D eigenvalue weighted by Gasteiger charge is 2.11. The normalized spacial score (nSPS) is 11.6. The molecular weight excluding hydrogens is 457 g/mol. The van der Waals surface area contributed by atoms with Gasteiger partial charge in [-0.1, -0.05) is 29.8 Å². The molecule has 0 aliphatic carbocycles. The van der Waals surface area contributed by atoms with E-state index in [4.69, 9.17) is 11.6 Å². The molecule has 2 aromatic heterocycles. The first-order chi connectivity index (χ1) is 15.7. The Balaban J connectivity index is 1.63. The second-order valence-electron chi connectivity index (χ2n) is 7.81. The Morgan fingerprint density at radius 3 is 2.30 bits per heavy atom. The number of aromatic nitrogens is 5. The lowest BCUT2D eigenvalue weighted by molar-refractivity contribution is 0.588. The van der Waals surface area contributed by atoms with Crippen LogP contribution in [0.3, 0.4) is 0 Å². The van der Waals surface area contributed by atoms with Crippen molar-refractivity contribution in [3.63, 3.8) is 0 Å². The maximum absolute atomic E-state index is 12.3. The summed E-state index contributed by atoms with van der Waals surface area (Å²) in [6.07, 6.45) is 3.66. The lowest BCUT2D eigenvalue weighted by atomic mass is 10.2. The number of halogens is 1. The Hall–Kier alpha value is -3.48. The van der Waals surface area contributed by atoms with Crippen LogP contribution in [0.25, 0.3) is 12.2 Å². The molecule has 0 spiro atoms. The van der Waals surface area contributed by atoms with E-state index in [9.17, 15) is 4.57 Å². The maximum Gasteiger partial charge on any atom is 0.233 e. The van der Waals surface area contributed by atoms with Gasteiger partial charge in [0.2, 0.25) is 11.9 Å². The fraction of sp³-hybridized carbons (Fsp3) is 0.130. The minimum atomic E-state index is -2.32. The Morgan fingerprint density at radius 2 is 1.67 bits per heavy atom. The van der Waals surface area contributed by atoms with Crippen LogP contribution in [-0.4, -0.2) is 38.5 Å². The van der Waals surface area contributed by atoms with Crippen LogP contribution in [0.5, 0.6) is 0 Å². The van der Waals surface area contributed by atoms with Gasteiger partial charge in [0.1, 0.15) is 7.14 Å². The molecule has 0 saturated heterocycles. The highest BCUT2D eigenvalue weighted by atomic mass is 35.5. The molecule has 0 atom stereocenters. The number of hydrogen-bond acceptors (Lipinski definition) is 7. The average molecular weight is 480 g/mol. The minimum absolute atomic E-state index is 0.341. The summed E-state index contributed by atoms with van der Waals surface area (Å²) in [5, 5.41) is 14.8. The largest absolute Gasteiger partial charge is 0.324 e. The van der Waals surface area contributed by atoms with Gasteiger partial charge in [-0.2, -0.15) is 20.1 Å². The average Bonchev–Trinajstić information content (AvgIpc) is 3.16. The number of aryl methyl sites for hydroxylation is 1. The van der Waals surface area contributed by atoms with Crippen LogP contribution in [0.2, 0.25) is 5.02 Å². The molecule has 4 aromatic rings. The van der Waals surface area contributed by atoms with Gasteiger partial charge in [-0.3, -0.25) is 5.10 Å². The van der Waals surface area contributed by atoms with Gasteiger partial charge >= 0.3 is 0 Å². The predicted octanol–water partition coefficient (Wildman–Crippen LogP) is 5.46. The molecule has 2 heterocycles. The summed E-state index contributed by atoms with van der Waals surface area (Å²) in [6.45, 7) is 5.40. The molecule has 0 bridgehead atoms. The van der Waals surface area contributed by atoms with E-state index in [2.05, 4.69) is 35.8 Å². The molecule has 4 rings (SSSR count). The van der Waals surface area contributed by atoms with Crippen LogP contribution in [0.4, 0.5) is 23.4 Å². The number of hydrogen-bond donors (Lipinski definition) is 3. The molecule has 168 valence electrons. The Bertz CT molecular complexity index is 1350. The molecule has 0 unspecified atom stereocenters. The van der Waals surface area contributed by atoms with E-state index >= 15 is 0 Å². The number of nitrogens with zero attached hydrogens (tertiary/aromatic N) is 4. The van der Waals surface area contributed by atoms with Crippen LogP contribution in [0.1, 0.15) is 17.1 Å². The standard InChI is InChI=1S/C23H23ClN7OP/c1-15-13-21(31-30-15)28-23-27-20(12-7-16-5-4-6-17(24)14-16)26-22(29-23)25-18-8-10-19(11-9-18)33(2,3)32/h4-14H,1-3H3,(H3,25,26,27,28,29,30,31)/b12-7+. The van der Waals surface area contributed by atoms with Crippen molar-refractivity contribution in [1.29, 1.82) is 0 Å². The fourth-order valence-electron chi connectivity index (χ4n) is 2.99. The van der Waals surface area contributed by atoms with E-state index in [1.54, 1.807) is 19.4 Å². The quantitative estimate of drug-likeness (QED) is 0.302. The van der Waals surface area contributed by atoms with Crippen molar-refractivity contribution < 1.29 is 4.57 Å². The lowest BCUT2D eigenvalue weighted by Crippen LogP contribution is -2.07. The Kier molecular flexibility index (Phi) is 6.58. The van der Waals surface area contributed by atoms with Gasteiger partial charge < -0.3 is 15.2 Å². The van der Waals surface area contributed by atoms with Gasteiger partial charge in [0, 0.05) is 27.8 Å². The summed E-state index contributed by atoms with van der Waals surface area (Å²) in [5.74, 6) is 1.74. The lowest BCUT2D eigenvalue weighted by Gasteiger charge is -2.10. The summed E-state index contributed by atoms with van der Waals surface area (Å²) < 4.78 is 12.3. The van der Waals surface area contributed by atoms with Gasteiger partial charge in [-0.25, -0.2) is 0 Å². The summed E-state index contributed by atoms with van der Waals surface area (Å²) in [5.41, 5.74) is 2.61. The monoisotopic (exact) mass is 479 g/mol. The third-order valence-corrected chi connectivity index (χ3v) is 6.39. The molecule has 2 aromatic carbocycles. The molecular formula is C23H23ClN7OP. The fourth-order valence-corrected chi connectivity index (χ4v) is 4.05. The zero-order valence-corrected chi connectivity index (χ0v) is 20.0. The molecule has 0 saturated carbocycles. The number of H-pyrrole nitrogens is 1. The van der Waals surface area contributed by atoms with Crippen molar-refractivity contribution in [2.45, 2.75) is 6.92 Å². The number of nitrogens with one attached hydrogen (secondary N) is 3. The van der Waals surface area contributed by atoms with Gasteiger partial charge in [-0.05, 0) is 68.3 Å². The smallest absolute Gasteiger partial charge is 0.233 e. The van der Waals surface area contributed by atoms with Crippen molar-refractivity contribution in [2.75, 3.05) is 24.0 Å². The number of benzene rings is 2. The van der Waals surface area contributed by atoms with Gasteiger partial charge in [-0.15, -0.1) is 0 Å². The zero-order chi connectivity index (χ0) is 23.4. The molecule has 0 fully saturated rings. The van der Waals surface area contributed by atoms with E-state index in [1.165, 1.54) is 0 Å². The summed E-state index contributed by atoms with van der Waals surface area (Å²) in [4.78, 5) is 13.5. The third kappa shape index (κ3) is 6.28. The molecule has 0 aliphatic rings. The highest BCUT2D eigenvalue weighted by molar-refractivity contribution is 7.70. The minimum Gasteiger partial charge on any atom is -0.324 e. The highest BCUT2D eigenvalue weighted by Crippen LogP contribution is 2.34. The van der Waals surface area contributed by atoms with E-state index in [-0.39, 0.29) is 0 Å². The van der Waals surface area contributed by atoms with Gasteiger partial charge in [0.05, 0.1) is 0 Å². The molecule has 3 N–H and O–H groups in total.